The van der Waals surface area contributed by atoms with Crippen molar-refractivity contribution in [3.05, 3.63) is 52.7 Å². The van der Waals surface area contributed by atoms with Crippen molar-refractivity contribution in [3.8, 4) is 17.1 Å². The first-order valence-corrected chi connectivity index (χ1v) is 7.83. The van der Waals surface area contributed by atoms with Crippen LogP contribution in [0.5, 0.6) is 5.75 Å². The third-order valence-electron chi connectivity index (χ3n) is 3.35. The highest BCUT2D eigenvalue weighted by molar-refractivity contribution is 9.10. The maximum atomic E-state index is 12.3. The second-order valence-electron chi connectivity index (χ2n) is 5.00. The van der Waals surface area contributed by atoms with E-state index in [0.29, 0.717) is 16.2 Å². The van der Waals surface area contributed by atoms with Crippen LogP contribution in [0.25, 0.3) is 11.4 Å². The number of hydrogen-bond acceptors (Lipinski definition) is 6. The van der Waals surface area contributed by atoms with Crippen LogP contribution in [0.4, 0.5) is 0 Å². The molecular weight excluding hydrogens is 378 g/mol. The predicted molar refractivity (Wildman–Crippen MR) is 88.5 cm³/mol. The van der Waals surface area contributed by atoms with Crippen LogP contribution in [0, 0.1) is 0 Å². The Bertz CT molecular complexity index is 841. The van der Waals surface area contributed by atoms with Crippen LogP contribution in [0.2, 0.25) is 0 Å². The quantitative estimate of drug-likeness (QED) is 0.662. The minimum absolute atomic E-state index is 0.176. The number of furan rings is 1. The summed E-state index contributed by atoms with van der Waals surface area (Å²) in [6.07, 6.45) is 1.44. The van der Waals surface area contributed by atoms with Gasteiger partial charge in [-0.3, -0.25) is 4.79 Å². The van der Waals surface area contributed by atoms with Gasteiger partial charge in [0.05, 0.1) is 17.8 Å². The number of nitrogens with zero attached hydrogens (tertiary/aromatic N) is 3. The molecule has 0 bridgehead atoms. The van der Waals surface area contributed by atoms with Gasteiger partial charge in [-0.05, 0) is 46.3 Å². The first kappa shape index (κ1) is 16.3. The molecular formula is C16H14BrN3O4. The molecule has 0 unspecified atom stereocenters. The van der Waals surface area contributed by atoms with E-state index in [-0.39, 0.29) is 18.2 Å². The van der Waals surface area contributed by atoms with E-state index in [1.807, 2.05) is 24.3 Å². The number of carbonyl (C=O) groups is 1. The van der Waals surface area contributed by atoms with Crippen LogP contribution in [0.1, 0.15) is 16.4 Å². The number of hydrogen-bond donors (Lipinski definition) is 0. The Labute approximate surface area is 146 Å². The molecule has 0 atom stereocenters. The molecule has 0 saturated heterocycles. The molecule has 7 nitrogen and oxygen atoms in total. The Morgan fingerprint density at radius 2 is 2.04 bits per heavy atom. The minimum atomic E-state index is -0.281. The summed E-state index contributed by atoms with van der Waals surface area (Å²) in [5.41, 5.74) is 0.800. The van der Waals surface area contributed by atoms with Gasteiger partial charge in [-0.15, -0.1) is 0 Å². The Balaban J connectivity index is 1.71. The maximum Gasteiger partial charge on any atom is 0.290 e. The molecule has 3 rings (SSSR count). The van der Waals surface area contributed by atoms with Crippen LogP contribution >= 0.6 is 15.9 Å². The molecule has 124 valence electrons. The largest absolute Gasteiger partial charge is 0.497 e. The van der Waals surface area contributed by atoms with Crippen molar-refractivity contribution in [2.75, 3.05) is 14.2 Å². The number of carbonyl (C=O) groups excluding carboxylic acids is 1. The second-order valence-corrected chi connectivity index (χ2v) is 5.85. The van der Waals surface area contributed by atoms with E-state index in [2.05, 4.69) is 26.1 Å². The maximum absolute atomic E-state index is 12.3. The molecule has 0 aliphatic rings. The number of rotatable bonds is 5. The van der Waals surface area contributed by atoms with Gasteiger partial charge in [0.25, 0.3) is 5.91 Å². The topological polar surface area (TPSA) is 81.6 Å². The number of halogens is 1. The zero-order valence-electron chi connectivity index (χ0n) is 13.0. The third-order valence-corrected chi connectivity index (χ3v) is 3.97. The molecule has 2 heterocycles. The lowest BCUT2D eigenvalue weighted by Crippen LogP contribution is -2.26. The number of ether oxygens (including phenoxy) is 1. The Kier molecular flexibility index (Phi) is 4.66. The lowest BCUT2D eigenvalue weighted by molar-refractivity contribution is 0.0736. The zero-order chi connectivity index (χ0) is 17.1. The molecule has 0 N–H and O–H groups in total. The SMILES string of the molecule is COc1ccc(-c2noc(CN(C)C(=O)c3occc3Br)n2)cc1. The molecule has 0 saturated carbocycles. The van der Waals surface area contributed by atoms with Crippen LogP contribution in [0.15, 0.2) is 50.0 Å². The summed E-state index contributed by atoms with van der Waals surface area (Å²) in [5, 5.41) is 3.94. The average Bonchev–Trinajstić information content (AvgIpc) is 3.23. The normalized spacial score (nSPS) is 10.6. The van der Waals surface area contributed by atoms with Gasteiger partial charge in [0.1, 0.15) is 12.3 Å². The van der Waals surface area contributed by atoms with Gasteiger partial charge in [-0.25, -0.2) is 0 Å². The Hall–Kier alpha value is -2.61. The predicted octanol–water partition coefficient (Wildman–Crippen LogP) is 3.37. The average molecular weight is 392 g/mol. The first-order chi connectivity index (χ1) is 11.6. The fourth-order valence-corrected chi connectivity index (χ4v) is 2.44. The minimum Gasteiger partial charge on any atom is -0.497 e. The van der Waals surface area contributed by atoms with Crippen molar-refractivity contribution in [1.82, 2.24) is 15.0 Å². The summed E-state index contributed by atoms with van der Waals surface area (Å²) in [6, 6.07) is 8.96. The molecule has 1 aromatic carbocycles. The van der Waals surface area contributed by atoms with Crippen molar-refractivity contribution in [1.29, 1.82) is 0 Å². The van der Waals surface area contributed by atoms with Crippen LogP contribution in [-0.2, 0) is 6.54 Å². The van der Waals surface area contributed by atoms with Crippen molar-refractivity contribution in [2.24, 2.45) is 0 Å². The lowest BCUT2D eigenvalue weighted by atomic mass is 10.2. The van der Waals surface area contributed by atoms with Crippen LogP contribution < -0.4 is 4.74 Å². The summed E-state index contributed by atoms with van der Waals surface area (Å²) in [6.45, 7) is 0.176. The molecule has 1 amide bonds. The van der Waals surface area contributed by atoms with E-state index < -0.39 is 0 Å². The number of benzene rings is 1. The summed E-state index contributed by atoms with van der Waals surface area (Å²) in [7, 11) is 3.24. The molecule has 0 aliphatic carbocycles. The van der Waals surface area contributed by atoms with Crippen molar-refractivity contribution >= 4 is 21.8 Å². The van der Waals surface area contributed by atoms with Gasteiger partial charge in [0.15, 0.2) is 0 Å². The van der Waals surface area contributed by atoms with Gasteiger partial charge in [-0.1, -0.05) is 5.16 Å². The number of amides is 1. The first-order valence-electron chi connectivity index (χ1n) is 7.04. The summed E-state index contributed by atoms with van der Waals surface area (Å²) >= 11 is 3.26. The molecule has 8 heteroatoms. The summed E-state index contributed by atoms with van der Waals surface area (Å²) in [4.78, 5) is 18.0. The van der Waals surface area contributed by atoms with E-state index >= 15 is 0 Å². The highest BCUT2D eigenvalue weighted by Crippen LogP contribution is 2.21. The van der Waals surface area contributed by atoms with E-state index in [0.717, 1.165) is 11.3 Å². The Morgan fingerprint density at radius 1 is 1.29 bits per heavy atom. The van der Waals surface area contributed by atoms with Crippen LogP contribution in [-0.4, -0.2) is 35.1 Å². The summed E-state index contributed by atoms with van der Waals surface area (Å²) < 4.78 is 16.1. The van der Waals surface area contributed by atoms with Crippen molar-refractivity contribution < 1.29 is 18.5 Å². The van der Waals surface area contributed by atoms with E-state index in [4.69, 9.17) is 13.7 Å². The molecule has 3 aromatic rings. The monoisotopic (exact) mass is 391 g/mol. The zero-order valence-corrected chi connectivity index (χ0v) is 14.6. The van der Waals surface area contributed by atoms with Crippen molar-refractivity contribution in [3.63, 3.8) is 0 Å². The van der Waals surface area contributed by atoms with Gasteiger partial charge in [0.2, 0.25) is 17.5 Å². The molecule has 0 fully saturated rings. The van der Waals surface area contributed by atoms with Gasteiger partial charge >= 0.3 is 0 Å². The van der Waals surface area contributed by atoms with Gasteiger partial charge < -0.3 is 18.6 Å². The standard InChI is InChI=1S/C16H14BrN3O4/c1-20(16(21)14-12(17)7-8-23-14)9-13-18-15(19-24-13)10-3-5-11(22-2)6-4-10/h3-8H,9H2,1-2H3. The molecule has 0 radical (unpaired) electrons. The molecule has 24 heavy (non-hydrogen) atoms. The van der Waals surface area contributed by atoms with Crippen molar-refractivity contribution in [2.45, 2.75) is 6.54 Å². The van der Waals surface area contributed by atoms with E-state index in [9.17, 15) is 4.79 Å². The number of aromatic nitrogens is 2. The fourth-order valence-electron chi connectivity index (χ4n) is 2.07. The molecule has 0 aliphatic heterocycles. The second kappa shape index (κ2) is 6.88. The molecule has 2 aromatic heterocycles. The highest BCUT2D eigenvalue weighted by Gasteiger charge is 2.20. The smallest absolute Gasteiger partial charge is 0.290 e. The fraction of sp³-hybridized carbons (Fsp3) is 0.188. The number of methoxy groups -OCH3 is 1. The van der Waals surface area contributed by atoms with Gasteiger partial charge in [-0.2, -0.15) is 4.98 Å². The summed E-state index contributed by atoms with van der Waals surface area (Å²) in [5.74, 6) is 1.48. The Morgan fingerprint density at radius 3 is 2.67 bits per heavy atom. The lowest BCUT2D eigenvalue weighted by Gasteiger charge is -2.12. The highest BCUT2D eigenvalue weighted by atomic mass is 79.9. The molecule has 0 spiro atoms. The van der Waals surface area contributed by atoms with E-state index in [1.165, 1.54) is 11.2 Å². The van der Waals surface area contributed by atoms with E-state index in [1.54, 1.807) is 20.2 Å². The van der Waals surface area contributed by atoms with Crippen LogP contribution in [0.3, 0.4) is 0 Å². The third kappa shape index (κ3) is 3.33. The van der Waals surface area contributed by atoms with Gasteiger partial charge in [0, 0.05) is 12.6 Å².